The molecule has 17 heavy (non-hydrogen) atoms. The number of nitrogens with zero attached hydrogens (tertiary/aromatic N) is 1. The smallest absolute Gasteiger partial charge is 0.182 e. The first-order valence-corrected chi connectivity index (χ1v) is 6.76. The topological polar surface area (TPSA) is 52.0 Å². The monoisotopic (exact) mass is 250 g/mol. The van der Waals surface area contributed by atoms with Crippen molar-refractivity contribution in [2.45, 2.75) is 33.6 Å². The van der Waals surface area contributed by atoms with E-state index in [9.17, 15) is 0 Å². The predicted octanol–water partition coefficient (Wildman–Crippen LogP) is 3.75. The Hall–Kier alpha value is -1.29. The summed E-state index contributed by atoms with van der Waals surface area (Å²) in [6.45, 7) is 6.49. The van der Waals surface area contributed by atoms with Crippen LogP contribution in [0.2, 0.25) is 0 Å². The lowest BCUT2D eigenvalue weighted by molar-refractivity contribution is 0.435. The van der Waals surface area contributed by atoms with Gasteiger partial charge in [-0.25, -0.2) is 0 Å². The molecule has 0 radical (unpaired) electrons. The molecular formula is C13H18N2OS. The van der Waals surface area contributed by atoms with Crippen LogP contribution in [0, 0.1) is 5.92 Å². The van der Waals surface area contributed by atoms with Crippen LogP contribution in [-0.2, 0) is 12.8 Å². The zero-order valence-electron chi connectivity index (χ0n) is 10.5. The van der Waals surface area contributed by atoms with Crippen molar-refractivity contribution in [3.63, 3.8) is 0 Å². The van der Waals surface area contributed by atoms with Gasteiger partial charge in [0.25, 0.3) is 0 Å². The normalized spacial score (nSPS) is 11.3. The second-order valence-electron chi connectivity index (χ2n) is 4.59. The molecule has 4 heteroatoms. The first-order valence-electron chi connectivity index (χ1n) is 5.95. The van der Waals surface area contributed by atoms with Crippen LogP contribution < -0.4 is 5.73 Å². The third-order valence-corrected chi connectivity index (χ3v) is 3.89. The van der Waals surface area contributed by atoms with Gasteiger partial charge in [0, 0.05) is 10.4 Å². The first kappa shape index (κ1) is 12.2. The van der Waals surface area contributed by atoms with Gasteiger partial charge in [-0.15, -0.1) is 11.3 Å². The van der Waals surface area contributed by atoms with Crippen molar-refractivity contribution < 1.29 is 4.52 Å². The van der Waals surface area contributed by atoms with E-state index in [1.54, 1.807) is 11.3 Å². The molecule has 0 unspecified atom stereocenters. The molecule has 0 aromatic carbocycles. The fourth-order valence-electron chi connectivity index (χ4n) is 1.81. The minimum absolute atomic E-state index is 0.528. The van der Waals surface area contributed by atoms with Crippen LogP contribution >= 0.6 is 11.3 Å². The van der Waals surface area contributed by atoms with E-state index < -0.39 is 0 Å². The van der Waals surface area contributed by atoms with E-state index in [4.69, 9.17) is 10.3 Å². The van der Waals surface area contributed by atoms with Crippen molar-refractivity contribution in [3.8, 4) is 10.6 Å². The molecule has 0 bridgehead atoms. The number of thiophene rings is 1. The molecule has 2 rings (SSSR count). The van der Waals surface area contributed by atoms with Gasteiger partial charge < -0.3 is 10.3 Å². The molecule has 0 aliphatic heterocycles. The predicted molar refractivity (Wildman–Crippen MR) is 72.1 cm³/mol. The molecule has 0 aliphatic carbocycles. The Bertz CT molecular complexity index is 499. The Labute approximate surface area is 106 Å². The minimum atomic E-state index is 0.528. The highest BCUT2D eigenvalue weighted by molar-refractivity contribution is 7.15. The lowest BCUT2D eigenvalue weighted by Crippen LogP contribution is -1.98. The summed E-state index contributed by atoms with van der Waals surface area (Å²) in [5.74, 6) is 1.92. The molecule has 0 aliphatic rings. The average Bonchev–Trinajstić information content (AvgIpc) is 2.86. The number of rotatable bonds is 4. The molecule has 0 saturated carbocycles. The van der Waals surface area contributed by atoms with Gasteiger partial charge >= 0.3 is 0 Å². The fourth-order valence-corrected chi connectivity index (χ4v) is 2.76. The van der Waals surface area contributed by atoms with Gasteiger partial charge in [0.1, 0.15) is 0 Å². The molecule has 2 heterocycles. The van der Waals surface area contributed by atoms with Crippen LogP contribution in [0.4, 0.5) is 5.82 Å². The number of nitrogen functional groups attached to an aromatic ring is 1. The average molecular weight is 250 g/mol. The fraction of sp³-hybridized carbons (Fsp3) is 0.462. The Kier molecular flexibility index (Phi) is 3.52. The molecule has 0 spiro atoms. The molecule has 0 atom stereocenters. The van der Waals surface area contributed by atoms with Crippen LogP contribution in [0.25, 0.3) is 10.6 Å². The maximum atomic E-state index is 5.87. The largest absolute Gasteiger partial charge is 0.381 e. The molecule has 0 saturated heterocycles. The zero-order valence-corrected chi connectivity index (χ0v) is 11.3. The molecule has 92 valence electrons. The van der Waals surface area contributed by atoms with Crippen molar-refractivity contribution in [2.75, 3.05) is 5.73 Å². The van der Waals surface area contributed by atoms with E-state index in [1.807, 2.05) is 0 Å². The number of hydrogen-bond acceptors (Lipinski definition) is 4. The Morgan fingerprint density at radius 2 is 2.18 bits per heavy atom. The van der Waals surface area contributed by atoms with Crippen LogP contribution in [0.3, 0.4) is 0 Å². The first-order chi connectivity index (χ1) is 8.11. The molecular weight excluding hydrogens is 232 g/mol. The molecule has 2 aromatic rings. The maximum Gasteiger partial charge on any atom is 0.182 e. The van der Waals surface area contributed by atoms with E-state index in [1.165, 1.54) is 4.88 Å². The summed E-state index contributed by atoms with van der Waals surface area (Å²) in [7, 11) is 0. The standard InChI is InChI=1S/C13H18N2OS/c1-4-9-5-6-11(17-9)12-10(7-8(2)3)13(14)15-16-12/h5-6,8H,4,7H2,1-3H3,(H2,14,15). The van der Waals surface area contributed by atoms with E-state index in [-0.39, 0.29) is 0 Å². The number of aryl methyl sites for hydroxylation is 1. The summed E-state index contributed by atoms with van der Waals surface area (Å²) in [6, 6.07) is 4.23. The maximum absolute atomic E-state index is 5.87. The van der Waals surface area contributed by atoms with Crippen LogP contribution in [0.15, 0.2) is 16.7 Å². The van der Waals surface area contributed by atoms with Gasteiger partial charge in [-0.05, 0) is 30.9 Å². The second-order valence-corrected chi connectivity index (χ2v) is 5.76. The van der Waals surface area contributed by atoms with Crippen LogP contribution in [0.1, 0.15) is 31.2 Å². The Morgan fingerprint density at radius 3 is 2.76 bits per heavy atom. The molecule has 3 nitrogen and oxygen atoms in total. The van der Waals surface area contributed by atoms with Gasteiger partial charge in [0.15, 0.2) is 11.6 Å². The third kappa shape index (κ3) is 2.52. The van der Waals surface area contributed by atoms with E-state index in [2.05, 4.69) is 38.1 Å². The van der Waals surface area contributed by atoms with Crippen LogP contribution in [-0.4, -0.2) is 5.16 Å². The van der Waals surface area contributed by atoms with Crippen molar-refractivity contribution >= 4 is 17.2 Å². The van der Waals surface area contributed by atoms with E-state index in [0.29, 0.717) is 11.7 Å². The quantitative estimate of drug-likeness (QED) is 0.899. The van der Waals surface area contributed by atoms with Crippen LogP contribution in [0.5, 0.6) is 0 Å². The molecule has 2 aromatic heterocycles. The summed E-state index contributed by atoms with van der Waals surface area (Å²) in [6.07, 6.45) is 1.96. The highest BCUT2D eigenvalue weighted by atomic mass is 32.1. The lowest BCUT2D eigenvalue weighted by atomic mass is 10.0. The SMILES string of the molecule is CCc1ccc(-c2onc(N)c2CC(C)C)s1. The molecule has 0 fully saturated rings. The minimum Gasteiger partial charge on any atom is -0.381 e. The highest BCUT2D eigenvalue weighted by Gasteiger charge is 2.18. The number of aromatic nitrogens is 1. The summed E-state index contributed by atoms with van der Waals surface area (Å²) < 4.78 is 5.38. The van der Waals surface area contributed by atoms with Gasteiger partial charge in [-0.3, -0.25) is 0 Å². The number of nitrogens with two attached hydrogens (primary N) is 1. The molecule has 0 amide bonds. The van der Waals surface area contributed by atoms with Crippen molar-refractivity contribution in [1.82, 2.24) is 5.16 Å². The summed E-state index contributed by atoms with van der Waals surface area (Å²) in [5, 5.41) is 3.89. The van der Waals surface area contributed by atoms with Crippen molar-refractivity contribution in [2.24, 2.45) is 5.92 Å². The summed E-state index contributed by atoms with van der Waals surface area (Å²) in [5.41, 5.74) is 6.91. The summed E-state index contributed by atoms with van der Waals surface area (Å²) >= 11 is 1.75. The number of anilines is 1. The zero-order chi connectivity index (χ0) is 12.4. The van der Waals surface area contributed by atoms with E-state index >= 15 is 0 Å². The Balaban J connectivity index is 2.37. The Morgan fingerprint density at radius 1 is 1.41 bits per heavy atom. The third-order valence-electron chi connectivity index (χ3n) is 2.66. The van der Waals surface area contributed by atoms with Crippen molar-refractivity contribution in [3.05, 3.63) is 22.6 Å². The van der Waals surface area contributed by atoms with Gasteiger partial charge in [0.05, 0.1) is 4.88 Å². The lowest BCUT2D eigenvalue weighted by Gasteiger charge is -2.03. The highest BCUT2D eigenvalue weighted by Crippen LogP contribution is 2.34. The second kappa shape index (κ2) is 4.92. The molecule has 2 N–H and O–H groups in total. The van der Waals surface area contributed by atoms with E-state index in [0.717, 1.165) is 29.0 Å². The summed E-state index contributed by atoms with van der Waals surface area (Å²) in [4.78, 5) is 2.48. The van der Waals surface area contributed by atoms with Gasteiger partial charge in [0.2, 0.25) is 0 Å². The van der Waals surface area contributed by atoms with Crippen molar-refractivity contribution in [1.29, 1.82) is 0 Å². The number of hydrogen-bond donors (Lipinski definition) is 1. The van der Waals surface area contributed by atoms with Gasteiger partial charge in [-0.1, -0.05) is 25.9 Å². The van der Waals surface area contributed by atoms with Gasteiger partial charge in [-0.2, -0.15) is 0 Å².